The molecule has 1 aliphatic heterocycles. The summed E-state index contributed by atoms with van der Waals surface area (Å²) in [6, 6.07) is 10.9. The number of fused-ring (bicyclic) bond motifs is 1. The van der Waals surface area contributed by atoms with Crippen molar-refractivity contribution in [2.24, 2.45) is 7.05 Å². The molecule has 0 bridgehead atoms. The molecular weight excluding hydrogens is 452 g/mol. The van der Waals surface area contributed by atoms with Crippen molar-refractivity contribution in [1.29, 1.82) is 0 Å². The molecule has 1 atom stereocenters. The summed E-state index contributed by atoms with van der Waals surface area (Å²) in [5, 5.41) is 14.3. The number of aromatic carboxylic acids is 1. The summed E-state index contributed by atoms with van der Waals surface area (Å²) in [5.41, 5.74) is 3.60. The van der Waals surface area contributed by atoms with E-state index in [1.807, 2.05) is 49.7 Å². The number of carbonyl (C=O) groups excluding carboxylic acids is 1. The number of halogens is 1. The highest BCUT2D eigenvalue weighted by atomic mass is 35.5. The first-order valence-corrected chi connectivity index (χ1v) is 12.2. The van der Waals surface area contributed by atoms with E-state index in [2.05, 4.69) is 12.2 Å². The number of aromatic nitrogens is 1. The molecule has 1 aromatic heterocycles. The zero-order chi connectivity index (χ0) is 25.0. The Bertz CT molecular complexity index is 1210. The maximum absolute atomic E-state index is 13.5. The highest BCUT2D eigenvalue weighted by Gasteiger charge is 2.39. The lowest BCUT2D eigenvalue weighted by molar-refractivity contribution is 0.0695. The Hall–Kier alpha value is -2.83. The van der Waals surface area contributed by atoms with Crippen LogP contribution in [0.15, 0.2) is 36.4 Å². The summed E-state index contributed by atoms with van der Waals surface area (Å²) in [6.45, 7) is 8.72. The molecule has 1 fully saturated rings. The lowest BCUT2D eigenvalue weighted by atomic mass is 9.87. The van der Waals surface area contributed by atoms with Crippen LogP contribution in [-0.2, 0) is 23.7 Å². The van der Waals surface area contributed by atoms with E-state index in [-0.39, 0.29) is 11.5 Å². The Morgan fingerprint density at radius 1 is 1.21 bits per heavy atom. The molecule has 182 valence electrons. The first-order valence-electron chi connectivity index (χ1n) is 11.8. The highest BCUT2D eigenvalue weighted by molar-refractivity contribution is 6.32. The molecule has 3 aromatic rings. The summed E-state index contributed by atoms with van der Waals surface area (Å²) < 4.78 is 7.56. The van der Waals surface area contributed by atoms with E-state index in [9.17, 15) is 14.7 Å². The Balaban J connectivity index is 0.00000158. The molecule has 0 saturated carbocycles. The van der Waals surface area contributed by atoms with Crippen molar-refractivity contribution < 1.29 is 19.4 Å². The lowest BCUT2D eigenvalue weighted by Gasteiger charge is -2.30. The van der Waals surface area contributed by atoms with E-state index < -0.39 is 11.5 Å². The number of carbonyl (C=O) groups is 2. The summed E-state index contributed by atoms with van der Waals surface area (Å²) in [7, 11) is 1.88. The average Bonchev–Trinajstić information content (AvgIpc) is 3.42. The van der Waals surface area contributed by atoms with Gasteiger partial charge in [0.25, 0.3) is 5.91 Å². The number of benzene rings is 2. The molecular formula is C27H33ClN2O4. The third kappa shape index (κ3) is 4.70. The van der Waals surface area contributed by atoms with Crippen LogP contribution in [0, 0.1) is 6.92 Å². The SMILES string of the molecule is CC.CCCc1c(Cl)ccc2c1cc(C(=O)NC1(c3ccc(C(=O)O)c(C)c3)CCOC1)n2C. The minimum absolute atomic E-state index is 0.201. The van der Waals surface area contributed by atoms with E-state index in [1.165, 1.54) is 0 Å². The second kappa shape index (κ2) is 10.6. The largest absolute Gasteiger partial charge is 0.478 e. The fraction of sp³-hybridized carbons (Fsp3) is 0.407. The number of hydrogen-bond acceptors (Lipinski definition) is 3. The van der Waals surface area contributed by atoms with Gasteiger partial charge in [0.05, 0.1) is 17.7 Å². The van der Waals surface area contributed by atoms with Crippen molar-refractivity contribution in [3.63, 3.8) is 0 Å². The monoisotopic (exact) mass is 484 g/mol. The predicted octanol–water partition coefficient (Wildman–Crippen LogP) is 5.86. The molecule has 0 spiro atoms. The maximum atomic E-state index is 13.5. The molecule has 1 amide bonds. The van der Waals surface area contributed by atoms with Gasteiger partial charge in [-0.3, -0.25) is 4.79 Å². The second-order valence-electron chi connectivity index (χ2n) is 8.47. The number of nitrogens with zero attached hydrogens (tertiary/aromatic N) is 1. The van der Waals surface area contributed by atoms with Crippen LogP contribution < -0.4 is 5.32 Å². The zero-order valence-electron chi connectivity index (χ0n) is 20.5. The Morgan fingerprint density at radius 2 is 1.94 bits per heavy atom. The minimum atomic E-state index is -0.966. The van der Waals surface area contributed by atoms with Gasteiger partial charge >= 0.3 is 5.97 Å². The van der Waals surface area contributed by atoms with Crippen molar-refractivity contribution in [3.05, 3.63) is 69.4 Å². The first kappa shape index (κ1) is 25.8. The quantitative estimate of drug-likeness (QED) is 0.459. The van der Waals surface area contributed by atoms with E-state index in [0.29, 0.717) is 35.9 Å². The number of nitrogens with one attached hydrogen (secondary N) is 1. The topological polar surface area (TPSA) is 80.6 Å². The fourth-order valence-corrected chi connectivity index (χ4v) is 4.87. The number of rotatable bonds is 6. The molecule has 1 aliphatic rings. The zero-order valence-corrected chi connectivity index (χ0v) is 21.3. The molecule has 2 aromatic carbocycles. The Labute approximate surface area is 205 Å². The Morgan fingerprint density at radius 3 is 2.53 bits per heavy atom. The van der Waals surface area contributed by atoms with Gasteiger partial charge in [-0.1, -0.05) is 50.9 Å². The summed E-state index contributed by atoms with van der Waals surface area (Å²) in [5.74, 6) is -1.17. The van der Waals surface area contributed by atoms with Gasteiger partial charge in [0.2, 0.25) is 0 Å². The number of carboxylic acids is 1. The first-order chi connectivity index (χ1) is 16.3. The normalized spacial score (nSPS) is 17.4. The molecule has 2 N–H and O–H groups in total. The van der Waals surface area contributed by atoms with Crippen LogP contribution in [0.5, 0.6) is 0 Å². The van der Waals surface area contributed by atoms with E-state index in [1.54, 1.807) is 19.1 Å². The van der Waals surface area contributed by atoms with Gasteiger partial charge in [0.15, 0.2) is 0 Å². The third-order valence-corrected chi connectivity index (χ3v) is 6.75. The van der Waals surface area contributed by atoms with Gasteiger partial charge in [0.1, 0.15) is 5.69 Å². The van der Waals surface area contributed by atoms with Gasteiger partial charge < -0.3 is 19.7 Å². The smallest absolute Gasteiger partial charge is 0.335 e. The number of carboxylic acid groups (broad SMARTS) is 1. The van der Waals surface area contributed by atoms with Crippen molar-refractivity contribution >= 4 is 34.4 Å². The molecule has 7 heteroatoms. The van der Waals surface area contributed by atoms with E-state index in [4.69, 9.17) is 16.3 Å². The third-order valence-electron chi connectivity index (χ3n) is 6.40. The minimum Gasteiger partial charge on any atom is -0.478 e. The Kier molecular flexibility index (Phi) is 8.05. The van der Waals surface area contributed by atoms with Crippen LogP contribution in [0.2, 0.25) is 5.02 Å². The number of ether oxygens (including phenoxy) is 1. The second-order valence-corrected chi connectivity index (χ2v) is 8.88. The molecule has 1 saturated heterocycles. The van der Waals surface area contributed by atoms with Gasteiger partial charge in [-0.15, -0.1) is 0 Å². The van der Waals surface area contributed by atoms with Crippen LogP contribution in [0.4, 0.5) is 0 Å². The summed E-state index contributed by atoms with van der Waals surface area (Å²) in [6.07, 6.45) is 2.41. The summed E-state index contributed by atoms with van der Waals surface area (Å²) in [4.78, 5) is 24.9. The van der Waals surface area contributed by atoms with Gasteiger partial charge in [-0.2, -0.15) is 0 Å². The maximum Gasteiger partial charge on any atom is 0.335 e. The number of hydrogen-bond donors (Lipinski definition) is 2. The van der Waals surface area contributed by atoms with Crippen molar-refractivity contribution in [2.45, 2.75) is 52.5 Å². The van der Waals surface area contributed by atoms with Crippen molar-refractivity contribution in [2.75, 3.05) is 13.2 Å². The van der Waals surface area contributed by atoms with Crippen molar-refractivity contribution in [3.8, 4) is 0 Å². The van der Waals surface area contributed by atoms with E-state index >= 15 is 0 Å². The molecule has 6 nitrogen and oxygen atoms in total. The van der Waals surface area contributed by atoms with Crippen LogP contribution >= 0.6 is 11.6 Å². The molecule has 4 rings (SSSR count). The van der Waals surface area contributed by atoms with Gasteiger partial charge in [-0.25, -0.2) is 4.79 Å². The standard InChI is InChI=1S/C25H27ClN2O4.C2H6/c1-4-5-18-19-13-22(28(3)21(19)9-8-20(18)26)23(29)27-25(10-11-32-14-25)16-6-7-17(24(30)31)15(2)12-16;1-2/h6-9,12-13H,4-5,10-11,14H2,1-3H3,(H,27,29)(H,30,31);1-2H3. The van der Waals surface area contributed by atoms with Crippen LogP contribution in [0.3, 0.4) is 0 Å². The molecule has 0 radical (unpaired) electrons. The summed E-state index contributed by atoms with van der Waals surface area (Å²) >= 11 is 6.44. The number of amides is 1. The lowest BCUT2D eigenvalue weighted by Crippen LogP contribution is -2.47. The highest BCUT2D eigenvalue weighted by Crippen LogP contribution is 2.34. The van der Waals surface area contributed by atoms with Crippen LogP contribution in [0.25, 0.3) is 10.9 Å². The fourth-order valence-electron chi connectivity index (χ4n) is 4.61. The van der Waals surface area contributed by atoms with Gasteiger partial charge in [-0.05, 0) is 54.3 Å². The molecule has 2 heterocycles. The number of aryl methyl sites for hydroxylation is 3. The molecule has 34 heavy (non-hydrogen) atoms. The van der Waals surface area contributed by atoms with Crippen LogP contribution in [0.1, 0.15) is 71.1 Å². The molecule has 1 unspecified atom stereocenters. The van der Waals surface area contributed by atoms with Crippen LogP contribution in [-0.4, -0.2) is 34.8 Å². The average molecular weight is 485 g/mol. The van der Waals surface area contributed by atoms with Crippen molar-refractivity contribution in [1.82, 2.24) is 9.88 Å². The van der Waals surface area contributed by atoms with Gasteiger partial charge in [0, 0.05) is 36.0 Å². The van der Waals surface area contributed by atoms with E-state index in [0.717, 1.165) is 34.9 Å². The predicted molar refractivity (Wildman–Crippen MR) is 136 cm³/mol. The molecule has 0 aliphatic carbocycles.